The Kier molecular flexibility index (Phi) is 10.1. The van der Waals surface area contributed by atoms with Gasteiger partial charge in [0.05, 0.1) is 28.0 Å². The molecule has 0 bridgehead atoms. The van der Waals surface area contributed by atoms with Gasteiger partial charge in [0.1, 0.15) is 25.3 Å². The highest BCUT2D eigenvalue weighted by Crippen LogP contribution is 2.40. The van der Waals surface area contributed by atoms with Crippen LogP contribution >= 0.6 is 23.2 Å². The Morgan fingerprint density at radius 1 is 0.976 bits per heavy atom. The van der Waals surface area contributed by atoms with E-state index in [-0.39, 0.29) is 29.5 Å². The van der Waals surface area contributed by atoms with Crippen LogP contribution in [-0.4, -0.2) is 55.5 Å². The van der Waals surface area contributed by atoms with Crippen molar-refractivity contribution < 1.29 is 35.0 Å². The Morgan fingerprint density at radius 3 is 2.14 bits per heavy atom. The smallest absolute Gasteiger partial charge is 0.297 e. The van der Waals surface area contributed by atoms with Crippen LogP contribution in [0.15, 0.2) is 89.2 Å². The largest absolute Gasteiger partial charge is 0.342 e. The van der Waals surface area contributed by atoms with Gasteiger partial charge in [0.25, 0.3) is 20.2 Å². The number of benzene rings is 3. The minimum Gasteiger partial charge on any atom is -0.342 e. The zero-order valence-corrected chi connectivity index (χ0v) is 25.6. The average Bonchev–Trinajstić information content (AvgIpc) is 3.59. The lowest BCUT2D eigenvalue weighted by atomic mass is 10.1. The van der Waals surface area contributed by atoms with Gasteiger partial charge in [-0.25, -0.2) is 9.67 Å². The zero-order valence-electron chi connectivity index (χ0n) is 22.4. The normalized spacial score (nSPS) is 18.8. The van der Waals surface area contributed by atoms with E-state index in [1.165, 1.54) is 41.6 Å². The molecular weight excluding hydrogens is 629 g/mol. The summed E-state index contributed by atoms with van der Waals surface area (Å²) < 4.78 is 73.5. The van der Waals surface area contributed by atoms with Gasteiger partial charge in [-0.2, -0.15) is 21.9 Å². The van der Waals surface area contributed by atoms with Crippen LogP contribution in [0.5, 0.6) is 0 Å². The van der Waals surface area contributed by atoms with E-state index in [4.69, 9.17) is 41.4 Å². The first-order valence-electron chi connectivity index (χ1n) is 12.4. The van der Waals surface area contributed by atoms with Crippen molar-refractivity contribution in [1.82, 2.24) is 14.8 Å². The highest BCUT2D eigenvalue weighted by Gasteiger charge is 2.46. The van der Waals surface area contributed by atoms with Gasteiger partial charge in [-0.05, 0) is 50.2 Å². The monoisotopic (exact) mass is 655 g/mol. The molecule has 0 aliphatic carbocycles. The lowest BCUT2D eigenvalue weighted by Crippen LogP contribution is -2.35. The predicted octanol–water partition coefficient (Wildman–Crippen LogP) is 4.81. The van der Waals surface area contributed by atoms with E-state index in [0.717, 1.165) is 11.1 Å². The van der Waals surface area contributed by atoms with Crippen LogP contribution in [0, 0.1) is 13.8 Å². The standard InChI is InChI=1S/C20H19Cl2N3O5S.C7H8O3S/c1-14-2-5-17(6-3-14)31(26,27)29-10-16-9-28-20(30-16,11-25-13-23-12-24-25)18-7-4-15(21)8-19(18)22;1-6-2-4-7(5-3-6)11(8,9)10/h2-8,12-13,16H,9-11H2,1H3;2-5H,1H3,(H,8,9,10). The Balaban J connectivity index is 0.000000310. The Bertz CT molecular complexity index is 1720. The topological polar surface area (TPSA) is 147 Å². The van der Waals surface area contributed by atoms with Crippen molar-refractivity contribution in [3.05, 3.63) is 106 Å². The molecule has 4 aromatic rings. The second kappa shape index (κ2) is 13.2. The van der Waals surface area contributed by atoms with E-state index >= 15 is 0 Å². The van der Waals surface area contributed by atoms with Crippen LogP contribution in [0.2, 0.25) is 10.0 Å². The van der Waals surface area contributed by atoms with Gasteiger partial charge >= 0.3 is 0 Å². The maximum Gasteiger partial charge on any atom is 0.297 e. The van der Waals surface area contributed by atoms with Gasteiger partial charge in [-0.3, -0.25) is 8.74 Å². The molecule has 2 heterocycles. The van der Waals surface area contributed by atoms with Gasteiger partial charge in [0, 0.05) is 10.6 Å². The van der Waals surface area contributed by atoms with Crippen LogP contribution in [0.4, 0.5) is 0 Å². The molecule has 5 rings (SSSR count). The maximum absolute atomic E-state index is 12.5. The summed E-state index contributed by atoms with van der Waals surface area (Å²) in [6, 6.07) is 17.4. The van der Waals surface area contributed by atoms with Crippen molar-refractivity contribution in [2.24, 2.45) is 0 Å². The number of hydrogen-bond donors (Lipinski definition) is 1. The van der Waals surface area contributed by atoms with Crippen molar-refractivity contribution in [3.8, 4) is 0 Å². The van der Waals surface area contributed by atoms with Gasteiger partial charge < -0.3 is 9.47 Å². The third-order valence-corrected chi connectivity index (χ3v) is 8.79. The van der Waals surface area contributed by atoms with E-state index in [0.29, 0.717) is 15.6 Å². The second-order valence-electron chi connectivity index (χ2n) is 9.36. The molecule has 11 nitrogen and oxygen atoms in total. The van der Waals surface area contributed by atoms with E-state index in [2.05, 4.69) is 10.1 Å². The number of ether oxygens (including phenoxy) is 2. The Hall–Kier alpha value is -2.88. The third-order valence-electron chi connectivity index (χ3n) is 6.08. The van der Waals surface area contributed by atoms with E-state index in [1.54, 1.807) is 42.5 Å². The lowest BCUT2D eigenvalue weighted by Gasteiger charge is -2.29. The minimum atomic E-state index is -4.02. The average molecular weight is 657 g/mol. The fourth-order valence-electron chi connectivity index (χ4n) is 3.93. The first-order chi connectivity index (χ1) is 19.8. The third kappa shape index (κ3) is 8.14. The summed E-state index contributed by atoms with van der Waals surface area (Å²) >= 11 is 12.4. The number of halogens is 2. The van der Waals surface area contributed by atoms with Crippen LogP contribution in [0.25, 0.3) is 0 Å². The summed E-state index contributed by atoms with van der Waals surface area (Å²) in [5, 5.41) is 4.92. The molecule has 42 heavy (non-hydrogen) atoms. The van der Waals surface area contributed by atoms with Crippen LogP contribution in [0.3, 0.4) is 0 Å². The number of rotatable bonds is 8. The SMILES string of the molecule is Cc1ccc(S(=O)(=O)O)cc1.Cc1ccc(S(=O)(=O)OCC2COC(Cn3cncn3)(c3ccc(Cl)cc3Cl)O2)cc1. The van der Waals surface area contributed by atoms with Gasteiger partial charge in [-0.15, -0.1) is 0 Å². The molecule has 0 saturated carbocycles. The maximum atomic E-state index is 12.5. The molecule has 1 aromatic heterocycles. The van der Waals surface area contributed by atoms with Crippen molar-refractivity contribution >= 4 is 43.4 Å². The van der Waals surface area contributed by atoms with Crippen molar-refractivity contribution in [2.75, 3.05) is 13.2 Å². The summed E-state index contributed by atoms with van der Waals surface area (Å²) in [5.41, 5.74) is 2.44. The van der Waals surface area contributed by atoms with Crippen molar-refractivity contribution in [3.63, 3.8) is 0 Å². The molecule has 1 aliphatic rings. The summed E-state index contributed by atoms with van der Waals surface area (Å²) in [4.78, 5) is 3.94. The molecule has 1 aliphatic heterocycles. The van der Waals surface area contributed by atoms with Crippen LogP contribution in [0.1, 0.15) is 16.7 Å². The van der Waals surface area contributed by atoms with Gasteiger partial charge in [0.15, 0.2) is 0 Å². The molecule has 224 valence electrons. The highest BCUT2D eigenvalue weighted by molar-refractivity contribution is 7.86. The number of nitrogens with zero attached hydrogens (tertiary/aromatic N) is 3. The number of aryl methyl sites for hydroxylation is 2. The molecule has 1 fully saturated rings. The summed E-state index contributed by atoms with van der Waals surface area (Å²) in [6.07, 6.45) is 2.25. The van der Waals surface area contributed by atoms with E-state index in [1.807, 2.05) is 13.8 Å². The highest BCUT2D eigenvalue weighted by atomic mass is 35.5. The molecule has 2 atom stereocenters. The second-order valence-corrected chi connectivity index (χ2v) is 13.2. The molecule has 0 spiro atoms. The van der Waals surface area contributed by atoms with E-state index in [9.17, 15) is 16.8 Å². The first kappa shape index (κ1) is 32.0. The quantitative estimate of drug-likeness (QED) is 0.207. The van der Waals surface area contributed by atoms with Gasteiger partial charge in [0.2, 0.25) is 5.79 Å². The summed E-state index contributed by atoms with van der Waals surface area (Å²) in [5.74, 6) is -1.31. The Labute approximate surface area is 253 Å². The van der Waals surface area contributed by atoms with Crippen LogP contribution < -0.4 is 0 Å². The molecule has 1 N–H and O–H groups in total. The molecule has 15 heteroatoms. The van der Waals surface area contributed by atoms with Crippen molar-refractivity contribution in [2.45, 2.75) is 42.1 Å². The molecule has 2 unspecified atom stereocenters. The molecule has 1 saturated heterocycles. The lowest BCUT2D eigenvalue weighted by molar-refractivity contribution is -0.190. The zero-order chi connectivity index (χ0) is 30.5. The number of hydrogen-bond acceptors (Lipinski definition) is 9. The minimum absolute atomic E-state index is 0.0666. The molecule has 0 amide bonds. The molecule has 3 aromatic carbocycles. The molecule has 0 radical (unpaired) electrons. The predicted molar refractivity (Wildman–Crippen MR) is 154 cm³/mol. The summed E-state index contributed by atoms with van der Waals surface area (Å²) in [6.45, 7) is 3.73. The fourth-order valence-corrected chi connectivity index (χ4v) is 5.90. The Morgan fingerprint density at radius 2 is 1.60 bits per heavy atom. The first-order valence-corrected chi connectivity index (χ1v) is 16.0. The van der Waals surface area contributed by atoms with E-state index < -0.39 is 32.1 Å². The van der Waals surface area contributed by atoms with Crippen LogP contribution in [-0.2, 0) is 46.2 Å². The van der Waals surface area contributed by atoms with Gasteiger partial charge in [-0.1, -0.05) is 64.7 Å². The summed E-state index contributed by atoms with van der Waals surface area (Å²) in [7, 11) is -7.96. The van der Waals surface area contributed by atoms with Crippen molar-refractivity contribution in [1.29, 1.82) is 0 Å². The number of aromatic nitrogens is 3. The molecular formula is C27H27Cl2N3O8S2. The fraction of sp³-hybridized carbons (Fsp3) is 0.259.